The van der Waals surface area contributed by atoms with Crippen LogP contribution in [0.1, 0.15) is 66.9 Å². The third-order valence-electron chi connectivity index (χ3n) is 6.23. The largest absolute Gasteiger partial charge is 0.412 e. The van der Waals surface area contributed by atoms with Crippen molar-refractivity contribution in [1.82, 2.24) is 0 Å². The van der Waals surface area contributed by atoms with E-state index in [0.717, 1.165) is 5.56 Å². The Hall–Kier alpha value is -0.943. The summed E-state index contributed by atoms with van der Waals surface area (Å²) in [7, 11) is -2.01. The van der Waals surface area contributed by atoms with Gasteiger partial charge >= 0.3 is 0 Å². The molecule has 1 aromatic rings. The number of aliphatic hydroxyl groups is 1. The molecule has 0 spiro atoms. The Morgan fingerprint density at radius 1 is 0.966 bits per heavy atom. The third kappa shape index (κ3) is 7.67. The van der Waals surface area contributed by atoms with Crippen LogP contribution in [0, 0.1) is 5.92 Å². The lowest BCUT2D eigenvalue weighted by molar-refractivity contribution is 0.0339. The summed E-state index contributed by atoms with van der Waals surface area (Å²) in [4.78, 5) is 0. The number of hydrogen-bond donors (Lipinski definition) is 1. The van der Waals surface area contributed by atoms with Gasteiger partial charge in [-0.25, -0.2) is 0 Å². The van der Waals surface area contributed by atoms with Gasteiger partial charge < -0.3 is 14.3 Å². The Labute approximate surface area is 180 Å². The van der Waals surface area contributed by atoms with Crippen molar-refractivity contribution in [2.75, 3.05) is 6.61 Å². The van der Waals surface area contributed by atoms with E-state index in [0.29, 0.717) is 42.7 Å². The van der Waals surface area contributed by atoms with E-state index in [2.05, 4.69) is 67.2 Å². The van der Waals surface area contributed by atoms with Gasteiger partial charge in [0.1, 0.15) is 0 Å². The fourth-order valence-electron chi connectivity index (χ4n) is 4.56. The standard InChI is InChI=1S/C25H44O3Si/c1-9-22(8)25(28-29(19(2)3,20(4)5)21(6)7)17-24(26)15-16-27-18-23-13-11-10-12-14-23/h9-14,19-22,24-26H,1,15-18H2,2-8H3/t22-,24-,25+/m0/s1. The first-order valence-electron chi connectivity index (χ1n) is 11.2. The number of aliphatic hydroxyl groups excluding tert-OH is 1. The van der Waals surface area contributed by atoms with Crippen molar-refractivity contribution in [1.29, 1.82) is 0 Å². The van der Waals surface area contributed by atoms with Gasteiger partial charge in [-0.15, -0.1) is 6.58 Å². The summed E-state index contributed by atoms with van der Waals surface area (Å²) < 4.78 is 12.8. The molecule has 0 radical (unpaired) electrons. The predicted molar refractivity (Wildman–Crippen MR) is 127 cm³/mol. The van der Waals surface area contributed by atoms with Crippen LogP contribution in [0.15, 0.2) is 43.0 Å². The summed E-state index contributed by atoms with van der Waals surface area (Å²) in [5, 5.41) is 10.7. The first-order chi connectivity index (χ1) is 13.6. The molecule has 0 fully saturated rings. The molecule has 0 bridgehead atoms. The minimum absolute atomic E-state index is 0.00418. The fraction of sp³-hybridized carbons (Fsp3) is 0.680. The van der Waals surface area contributed by atoms with E-state index in [1.165, 1.54) is 0 Å². The maximum atomic E-state index is 10.7. The SMILES string of the molecule is C=C[C@H](C)[C@@H](C[C@@H](O)CCOCc1ccccc1)O[Si](C(C)C)(C(C)C)C(C)C. The highest BCUT2D eigenvalue weighted by Gasteiger charge is 2.47. The molecule has 0 amide bonds. The molecule has 0 aliphatic carbocycles. The van der Waals surface area contributed by atoms with Crippen LogP contribution >= 0.6 is 0 Å². The molecule has 1 rings (SSSR count). The van der Waals surface area contributed by atoms with Gasteiger partial charge in [0.25, 0.3) is 0 Å². The van der Waals surface area contributed by atoms with Gasteiger partial charge in [0.15, 0.2) is 0 Å². The third-order valence-corrected chi connectivity index (χ3v) is 12.4. The molecule has 4 heteroatoms. The zero-order chi connectivity index (χ0) is 22.0. The minimum Gasteiger partial charge on any atom is -0.412 e. The molecule has 0 aliphatic heterocycles. The van der Waals surface area contributed by atoms with E-state index in [1.54, 1.807) is 0 Å². The Morgan fingerprint density at radius 3 is 2.00 bits per heavy atom. The quantitative estimate of drug-likeness (QED) is 0.206. The molecule has 0 heterocycles. The number of benzene rings is 1. The average molecular weight is 421 g/mol. The number of hydrogen-bond acceptors (Lipinski definition) is 3. The van der Waals surface area contributed by atoms with Crippen molar-refractivity contribution in [3.8, 4) is 0 Å². The van der Waals surface area contributed by atoms with Gasteiger partial charge in [-0.3, -0.25) is 0 Å². The summed E-state index contributed by atoms with van der Waals surface area (Å²) in [5.41, 5.74) is 2.72. The molecule has 0 saturated carbocycles. The van der Waals surface area contributed by atoms with Gasteiger partial charge in [-0.1, -0.05) is 84.9 Å². The second kappa shape index (κ2) is 12.7. The molecule has 1 N–H and O–H groups in total. The smallest absolute Gasteiger partial charge is 0.200 e. The lowest BCUT2D eigenvalue weighted by atomic mass is 9.98. The molecule has 3 atom stereocenters. The van der Waals surface area contributed by atoms with Crippen LogP contribution in [0.2, 0.25) is 16.6 Å². The summed E-state index contributed by atoms with van der Waals surface area (Å²) >= 11 is 0. The first kappa shape index (κ1) is 26.1. The molecular formula is C25H44O3Si. The molecule has 166 valence electrons. The Morgan fingerprint density at radius 2 is 1.52 bits per heavy atom. The van der Waals surface area contributed by atoms with Gasteiger partial charge in [-0.05, 0) is 40.9 Å². The summed E-state index contributed by atoms with van der Waals surface area (Å²) in [5.74, 6) is 0.206. The normalized spacial score (nSPS) is 15.7. The van der Waals surface area contributed by atoms with Crippen molar-refractivity contribution in [3.05, 3.63) is 48.6 Å². The molecule has 1 aromatic carbocycles. The van der Waals surface area contributed by atoms with E-state index < -0.39 is 14.4 Å². The van der Waals surface area contributed by atoms with Crippen LogP contribution in [0.5, 0.6) is 0 Å². The second-order valence-electron chi connectivity index (χ2n) is 9.29. The zero-order valence-corrected chi connectivity index (χ0v) is 20.7. The highest BCUT2D eigenvalue weighted by atomic mass is 28.4. The summed E-state index contributed by atoms with van der Waals surface area (Å²) in [6.45, 7) is 21.1. The Balaban J connectivity index is 2.70. The molecular weight excluding hydrogens is 376 g/mol. The van der Waals surface area contributed by atoms with Crippen LogP contribution in [-0.4, -0.2) is 32.2 Å². The molecule has 0 unspecified atom stereocenters. The maximum absolute atomic E-state index is 10.7. The van der Waals surface area contributed by atoms with Gasteiger partial charge in [0, 0.05) is 6.61 Å². The van der Waals surface area contributed by atoms with Crippen molar-refractivity contribution < 1.29 is 14.3 Å². The molecule has 3 nitrogen and oxygen atoms in total. The zero-order valence-electron chi connectivity index (χ0n) is 19.7. The Bertz CT molecular complexity index is 549. The van der Waals surface area contributed by atoms with Crippen LogP contribution in [0.25, 0.3) is 0 Å². The van der Waals surface area contributed by atoms with E-state index in [1.807, 2.05) is 24.3 Å². The lowest BCUT2D eigenvalue weighted by Gasteiger charge is -2.46. The van der Waals surface area contributed by atoms with E-state index in [4.69, 9.17) is 9.16 Å². The number of ether oxygens (including phenoxy) is 1. The Kier molecular flexibility index (Phi) is 11.4. The van der Waals surface area contributed by atoms with Crippen LogP contribution in [0.3, 0.4) is 0 Å². The number of rotatable bonds is 14. The van der Waals surface area contributed by atoms with Gasteiger partial charge in [-0.2, -0.15) is 0 Å². The van der Waals surface area contributed by atoms with E-state index in [9.17, 15) is 5.11 Å². The van der Waals surface area contributed by atoms with Crippen molar-refractivity contribution in [2.45, 2.75) is 96.7 Å². The summed E-state index contributed by atoms with van der Waals surface area (Å²) in [6, 6.07) is 10.1. The maximum Gasteiger partial charge on any atom is 0.200 e. The first-order valence-corrected chi connectivity index (χ1v) is 13.4. The average Bonchev–Trinajstić information content (AvgIpc) is 2.67. The molecule has 29 heavy (non-hydrogen) atoms. The van der Waals surface area contributed by atoms with E-state index in [-0.39, 0.29) is 12.0 Å². The molecule has 0 saturated heterocycles. The topological polar surface area (TPSA) is 38.7 Å². The molecule has 0 aromatic heterocycles. The van der Waals surface area contributed by atoms with Crippen molar-refractivity contribution in [3.63, 3.8) is 0 Å². The minimum atomic E-state index is -2.01. The van der Waals surface area contributed by atoms with Gasteiger partial charge in [0.05, 0.1) is 18.8 Å². The molecule has 0 aliphatic rings. The van der Waals surface area contributed by atoms with Crippen molar-refractivity contribution >= 4 is 8.32 Å². The van der Waals surface area contributed by atoms with Crippen LogP contribution < -0.4 is 0 Å². The van der Waals surface area contributed by atoms with E-state index >= 15 is 0 Å². The lowest BCUT2D eigenvalue weighted by Crippen LogP contribution is -2.51. The monoisotopic (exact) mass is 420 g/mol. The highest BCUT2D eigenvalue weighted by Crippen LogP contribution is 2.44. The van der Waals surface area contributed by atoms with Crippen molar-refractivity contribution in [2.24, 2.45) is 5.92 Å². The fourth-order valence-corrected chi connectivity index (χ4v) is 10.2. The summed E-state index contributed by atoms with van der Waals surface area (Å²) in [6.07, 6.45) is 2.77. The highest BCUT2D eigenvalue weighted by molar-refractivity contribution is 6.77. The second-order valence-corrected chi connectivity index (χ2v) is 14.7. The predicted octanol–water partition coefficient (Wildman–Crippen LogP) is 6.73. The van der Waals surface area contributed by atoms with Crippen LogP contribution in [0.4, 0.5) is 0 Å². The van der Waals surface area contributed by atoms with Crippen LogP contribution in [-0.2, 0) is 15.8 Å². The van der Waals surface area contributed by atoms with Gasteiger partial charge in [0.2, 0.25) is 8.32 Å².